The van der Waals surface area contributed by atoms with Gasteiger partial charge in [-0.3, -0.25) is 4.98 Å². The van der Waals surface area contributed by atoms with Crippen LogP contribution in [0, 0.1) is 6.92 Å². The Morgan fingerprint density at radius 2 is 2.00 bits per heavy atom. The van der Waals surface area contributed by atoms with Crippen molar-refractivity contribution < 1.29 is 4.74 Å². The number of hydrogen-bond donors (Lipinski definition) is 0. The summed E-state index contributed by atoms with van der Waals surface area (Å²) in [4.78, 5) is 4.56. The van der Waals surface area contributed by atoms with Crippen LogP contribution in [-0.4, -0.2) is 18.2 Å². The first-order valence-electron chi connectivity index (χ1n) is 6.34. The van der Waals surface area contributed by atoms with E-state index >= 15 is 0 Å². The molecule has 0 saturated carbocycles. The summed E-state index contributed by atoms with van der Waals surface area (Å²) in [6, 6.07) is 0. The molecule has 0 N–H and O–H groups in total. The Morgan fingerprint density at radius 3 is 2.59 bits per heavy atom. The van der Waals surface area contributed by atoms with Crippen LogP contribution in [0.3, 0.4) is 0 Å². The molecule has 1 aliphatic heterocycles. The van der Waals surface area contributed by atoms with Crippen LogP contribution in [0.25, 0.3) is 0 Å². The van der Waals surface area contributed by atoms with E-state index in [2.05, 4.69) is 25.8 Å². The van der Waals surface area contributed by atoms with E-state index in [0.717, 1.165) is 36.8 Å². The van der Waals surface area contributed by atoms with Crippen molar-refractivity contribution in [3.63, 3.8) is 0 Å². The lowest BCUT2D eigenvalue weighted by Gasteiger charge is -2.24. The summed E-state index contributed by atoms with van der Waals surface area (Å²) in [5.74, 6) is 0.915. The molecular weight excluding hydrogens is 234 g/mol. The van der Waals surface area contributed by atoms with Crippen molar-refractivity contribution in [3.05, 3.63) is 28.0 Å². The van der Waals surface area contributed by atoms with Gasteiger partial charge >= 0.3 is 0 Å². The van der Waals surface area contributed by atoms with Gasteiger partial charge in [0.25, 0.3) is 0 Å². The van der Waals surface area contributed by atoms with E-state index in [1.807, 2.05) is 6.20 Å². The summed E-state index contributed by atoms with van der Waals surface area (Å²) in [5, 5.41) is 0.881. The summed E-state index contributed by atoms with van der Waals surface area (Å²) < 4.78 is 5.39. The fourth-order valence-corrected chi connectivity index (χ4v) is 3.14. The number of aryl methyl sites for hydroxylation is 1. The Morgan fingerprint density at radius 1 is 1.35 bits per heavy atom. The van der Waals surface area contributed by atoms with Crippen LogP contribution in [-0.2, 0) is 4.74 Å². The van der Waals surface area contributed by atoms with Crippen LogP contribution < -0.4 is 0 Å². The lowest BCUT2D eigenvalue weighted by Crippen LogP contribution is -2.16. The fourth-order valence-electron chi connectivity index (χ4n) is 2.57. The van der Waals surface area contributed by atoms with Gasteiger partial charge in [-0.25, -0.2) is 0 Å². The maximum atomic E-state index is 6.54. The standard InChI is InChI=1S/C14H20ClNO/c1-9(2)12-10(3)8-16-14(13(12)15)11-4-6-17-7-5-11/h8-9,11H,4-7H2,1-3H3. The molecule has 0 atom stereocenters. The molecule has 1 aliphatic rings. The second kappa shape index (κ2) is 5.36. The maximum Gasteiger partial charge on any atom is 0.0661 e. The van der Waals surface area contributed by atoms with Gasteiger partial charge in [0.05, 0.1) is 10.7 Å². The third kappa shape index (κ3) is 2.63. The zero-order valence-electron chi connectivity index (χ0n) is 10.8. The Hall–Kier alpha value is -0.600. The van der Waals surface area contributed by atoms with E-state index in [9.17, 15) is 0 Å². The van der Waals surface area contributed by atoms with Crippen LogP contribution in [0.15, 0.2) is 6.20 Å². The van der Waals surface area contributed by atoms with Gasteiger partial charge in [0, 0.05) is 25.3 Å². The molecule has 1 aromatic heterocycles. The quantitative estimate of drug-likeness (QED) is 0.793. The first kappa shape index (κ1) is 12.8. The fraction of sp³-hybridized carbons (Fsp3) is 0.643. The van der Waals surface area contributed by atoms with Crippen LogP contribution >= 0.6 is 11.6 Å². The summed E-state index contributed by atoms with van der Waals surface area (Å²) in [7, 11) is 0. The van der Waals surface area contributed by atoms with E-state index < -0.39 is 0 Å². The molecule has 2 heterocycles. The monoisotopic (exact) mass is 253 g/mol. The van der Waals surface area contributed by atoms with E-state index in [-0.39, 0.29) is 0 Å². The zero-order valence-corrected chi connectivity index (χ0v) is 11.5. The molecule has 1 aromatic rings. The Labute approximate surface area is 108 Å². The highest BCUT2D eigenvalue weighted by Gasteiger charge is 2.22. The van der Waals surface area contributed by atoms with Crippen molar-refractivity contribution >= 4 is 11.6 Å². The molecule has 17 heavy (non-hydrogen) atoms. The van der Waals surface area contributed by atoms with Gasteiger partial charge in [0.15, 0.2) is 0 Å². The third-order valence-electron chi connectivity index (χ3n) is 3.47. The van der Waals surface area contributed by atoms with Crippen LogP contribution in [0.4, 0.5) is 0 Å². The molecule has 0 aliphatic carbocycles. The molecule has 0 radical (unpaired) electrons. The smallest absolute Gasteiger partial charge is 0.0661 e. The highest BCUT2D eigenvalue weighted by molar-refractivity contribution is 6.32. The second-order valence-electron chi connectivity index (χ2n) is 5.10. The number of ether oxygens (including phenoxy) is 1. The SMILES string of the molecule is Cc1cnc(C2CCOCC2)c(Cl)c1C(C)C. The first-order valence-corrected chi connectivity index (χ1v) is 6.71. The highest BCUT2D eigenvalue weighted by Crippen LogP contribution is 2.36. The van der Waals surface area contributed by atoms with Gasteiger partial charge in [-0.2, -0.15) is 0 Å². The van der Waals surface area contributed by atoms with Gasteiger partial charge < -0.3 is 4.74 Å². The van der Waals surface area contributed by atoms with Crippen LogP contribution in [0.2, 0.25) is 5.02 Å². The molecule has 1 fully saturated rings. The molecular formula is C14H20ClNO. The van der Waals surface area contributed by atoms with Crippen molar-refractivity contribution in [2.45, 2.75) is 45.4 Å². The number of aromatic nitrogens is 1. The van der Waals surface area contributed by atoms with Crippen molar-refractivity contribution in [2.24, 2.45) is 0 Å². The van der Waals surface area contributed by atoms with E-state index in [4.69, 9.17) is 16.3 Å². The van der Waals surface area contributed by atoms with Gasteiger partial charge in [-0.15, -0.1) is 0 Å². The third-order valence-corrected chi connectivity index (χ3v) is 3.87. The minimum Gasteiger partial charge on any atom is -0.381 e. The topological polar surface area (TPSA) is 22.1 Å². The van der Waals surface area contributed by atoms with Crippen molar-refractivity contribution in [1.29, 1.82) is 0 Å². The molecule has 3 heteroatoms. The number of halogens is 1. The largest absolute Gasteiger partial charge is 0.381 e. The van der Waals surface area contributed by atoms with Crippen molar-refractivity contribution in [3.8, 4) is 0 Å². The predicted molar refractivity (Wildman–Crippen MR) is 70.9 cm³/mol. The molecule has 0 spiro atoms. The summed E-state index contributed by atoms with van der Waals surface area (Å²) in [6.07, 6.45) is 4.03. The Kier molecular flexibility index (Phi) is 4.05. The van der Waals surface area contributed by atoms with Gasteiger partial charge in [-0.05, 0) is 36.8 Å². The molecule has 0 bridgehead atoms. The number of hydrogen-bond acceptors (Lipinski definition) is 2. The molecule has 2 rings (SSSR count). The summed E-state index contributed by atoms with van der Waals surface area (Å²) >= 11 is 6.54. The van der Waals surface area contributed by atoms with Crippen LogP contribution in [0.1, 0.15) is 55.3 Å². The summed E-state index contributed by atoms with van der Waals surface area (Å²) in [5.41, 5.74) is 3.52. The molecule has 0 amide bonds. The Bertz CT molecular complexity index is 397. The van der Waals surface area contributed by atoms with Crippen molar-refractivity contribution in [1.82, 2.24) is 4.98 Å². The van der Waals surface area contributed by atoms with Gasteiger partial charge in [-0.1, -0.05) is 25.4 Å². The minimum atomic E-state index is 0.448. The van der Waals surface area contributed by atoms with Crippen molar-refractivity contribution in [2.75, 3.05) is 13.2 Å². The van der Waals surface area contributed by atoms with E-state index in [0.29, 0.717) is 11.8 Å². The first-order chi connectivity index (χ1) is 8.11. The highest BCUT2D eigenvalue weighted by atomic mass is 35.5. The Balaban J connectivity index is 2.37. The lowest BCUT2D eigenvalue weighted by molar-refractivity contribution is 0.0845. The van der Waals surface area contributed by atoms with Gasteiger partial charge in [0.2, 0.25) is 0 Å². The molecule has 2 nitrogen and oxygen atoms in total. The van der Waals surface area contributed by atoms with Gasteiger partial charge in [0.1, 0.15) is 0 Å². The molecule has 0 aromatic carbocycles. The normalized spacial score (nSPS) is 17.7. The van der Waals surface area contributed by atoms with E-state index in [1.54, 1.807) is 0 Å². The number of rotatable bonds is 2. The van der Waals surface area contributed by atoms with Crippen LogP contribution in [0.5, 0.6) is 0 Å². The second-order valence-corrected chi connectivity index (χ2v) is 5.47. The summed E-state index contributed by atoms with van der Waals surface area (Å²) in [6.45, 7) is 8.10. The minimum absolute atomic E-state index is 0.448. The lowest BCUT2D eigenvalue weighted by atomic mass is 9.91. The molecule has 0 unspecified atom stereocenters. The maximum absolute atomic E-state index is 6.54. The van der Waals surface area contributed by atoms with E-state index in [1.165, 1.54) is 11.1 Å². The zero-order chi connectivity index (χ0) is 12.4. The molecule has 1 saturated heterocycles. The number of pyridine rings is 1. The number of nitrogens with zero attached hydrogens (tertiary/aromatic N) is 1. The average molecular weight is 254 g/mol. The molecule has 94 valence electrons. The predicted octanol–water partition coefficient (Wildman–Crippen LogP) is 4.06. The average Bonchev–Trinajstić information content (AvgIpc) is 2.30.